The van der Waals surface area contributed by atoms with Gasteiger partial charge in [0.1, 0.15) is 18.6 Å². The van der Waals surface area contributed by atoms with Gasteiger partial charge in [0.05, 0.1) is 17.6 Å². The fraction of sp³-hybridized carbons (Fsp3) is 0.171. The molecular weight excluding hydrogens is 607 g/mol. The fourth-order valence-electron chi connectivity index (χ4n) is 5.81. The van der Waals surface area contributed by atoms with Gasteiger partial charge in [0, 0.05) is 31.3 Å². The zero-order chi connectivity index (χ0) is 32.4. The smallest absolute Gasteiger partial charge is 0.451 e. The number of carbonyl (C=O) groups is 1. The molecule has 0 spiro atoms. The third-order valence-electron chi connectivity index (χ3n) is 8.00. The maximum atomic E-state index is 13.6. The van der Waals surface area contributed by atoms with Crippen molar-refractivity contribution in [1.82, 2.24) is 34.2 Å². The van der Waals surface area contributed by atoms with Crippen molar-refractivity contribution >= 4 is 23.0 Å². The van der Waals surface area contributed by atoms with Crippen LogP contribution in [0.1, 0.15) is 28.3 Å². The molecule has 9 nitrogen and oxygen atoms in total. The number of nitrogens with zero attached hydrogens (tertiary/aromatic N) is 7. The lowest BCUT2D eigenvalue weighted by Gasteiger charge is -2.27. The van der Waals surface area contributed by atoms with Crippen LogP contribution in [0.4, 0.5) is 13.2 Å². The molecule has 3 aromatic carbocycles. The van der Waals surface area contributed by atoms with Crippen LogP contribution >= 0.6 is 0 Å². The first-order valence-electron chi connectivity index (χ1n) is 15.0. The van der Waals surface area contributed by atoms with E-state index in [2.05, 4.69) is 19.7 Å². The van der Waals surface area contributed by atoms with E-state index in [1.54, 1.807) is 6.08 Å². The van der Waals surface area contributed by atoms with Crippen molar-refractivity contribution in [3.05, 3.63) is 132 Å². The summed E-state index contributed by atoms with van der Waals surface area (Å²) in [6.07, 6.45) is -0.00932. The Hall–Kier alpha value is -5.78. The number of fused-ring (bicyclic) bond motifs is 2. The first kappa shape index (κ1) is 29.9. The summed E-state index contributed by atoms with van der Waals surface area (Å²) in [5.74, 6) is -0.989. The van der Waals surface area contributed by atoms with E-state index in [1.165, 1.54) is 17.3 Å². The number of hydrogen-bond donors (Lipinski definition) is 0. The molecule has 4 heterocycles. The van der Waals surface area contributed by atoms with Crippen LogP contribution in [-0.4, -0.2) is 46.7 Å². The monoisotopic (exact) mass is 635 g/mol. The van der Waals surface area contributed by atoms with Crippen molar-refractivity contribution in [2.75, 3.05) is 6.54 Å². The lowest BCUT2D eigenvalue weighted by atomic mass is 10.0. The van der Waals surface area contributed by atoms with Crippen LogP contribution in [-0.2, 0) is 37.2 Å². The normalized spacial score (nSPS) is 13.3. The number of ether oxygens (including phenoxy) is 1. The Morgan fingerprint density at radius 3 is 2.23 bits per heavy atom. The van der Waals surface area contributed by atoms with Gasteiger partial charge in [0.15, 0.2) is 5.82 Å². The van der Waals surface area contributed by atoms with E-state index in [1.807, 2.05) is 91.0 Å². The Bertz CT molecular complexity index is 2060. The predicted molar refractivity (Wildman–Crippen MR) is 169 cm³/mol. The molecule has 0 saturated heterocycles. The number of hydrogen-bond acceptors (Lipinski definition) is 6. The van der Waals surface area contributed by atoms with Gasteiger partial charge >= 0.3 is 6.18 Å². The van der Waals surface area contributed by atoms with Gasteiger partial charge in [-0.15, -0.1) is 10.2 Å². The lowest BCUT2D eigenvalue weighted by Crippen LogP contribution is -2.38. The van der Waals surface area contributed by atoms with Crippen LogP contribution in [0.3, 0.4) is 0 Å². The van der Waals surface area contributed by atoms with Crippen molar-refractivity contribution in [3.8, 4) is 17.1 Å². The van der Waals surface area contributed by atoms with E-state index in [0.717, 1.165) is 27.0 Å². The molecule has 1 aliphatic heterocycles. The predicted octanol–water partition coefficient (Wildman–Crippen LogP) is 6.39. The van der Waals surface area contributed by atoms with Crippen LogP contribution < -0.4 is 4.74 Å². The topological polar surface area (TPSA) is 91.0 Å². The summed E-state index contributed by atoms with van der Waals surface area (Å²) < 4.78 is 49.5. The van der Waals surface area contributed by atoms with Crippen LogP contribution in [0, 0.1) is 0 Å². The molecule has 0 atom stereocenters. The summed E-state index contributed by atoms with van der Waals surface area (Å²) in [4.78, 5) is 24.2. The number of benzene rings is 3. The molecule has 0 unspecified atom stereocenters. The summed E-state index contributed by atoms with van der Waals surface area (Å²) in [6.45, 7) is 0.679. The minimum absolute atomic E-state index is 0.0618. The molecule has 0 N–H and O–H groups in total. The molecule has 236 valence electrons. The van der Waals surface area contributed by atoms with E-state index in [4.69, 9.17) is 9.72 Å². The fourth-order valence-corrected chi connectivity index (χ4v) is 5.81. The van der Waals surface area contributed by atoms with Crippen LogP contribution in [0.15, 0.2) is 103 Å². The molecule has 12 heteroatoms. The van der Waals surface area contributed by atoms with E-state index >= 15 is 0 Å². The molecule has 1 aliphatic rings. The highest BCUT2D eigenvalue weighted by molar-refractivity contribution is 6.02. The van der Waals surface area contributed by atoms with Gasteiger partial charge in [0.2, 0.25) is 17.6 Å². The van der Waals surface area contributed by atoms with Gasteiger partial charge in [-0.25, -0.2) is 9.97 Å². The second-order valence-electron chi connectivity index (χ2n) is 11.0. The Morgan fingerprint density at radius 2 is 1.53 bits per heavy atom. The van der Waals surface area contributed by atoms with Crippen LogP contribution in [0.2, 0.25) is 0 Å². The number of rotatable bonds is 8. The average molecular weight is 636 g/mol. The van der Waals surface area contributed by atoms with Gasteiger partial charge in [-0.2, -0.15) is 13.2 Å². The molecule has 3 aromatic heterocycles. The zero-order valence-electron chi connectivity index (χ0n) is 25.0. The van der Waals surface area contributed by atoms with Crippen molar-refractivity contribution in [3.63, 3.8) is 0 Å². The molecule has 0 radical (unpaired) electrons. The highest BCUT2D eigenvalue weighted by Crippen LogP contribution is 2.39. The van der Waals surface area contributed by atoms with Crippen molar-refractivity contribution in [2.45, 2.75) is 32.4 Å². The molecule has 0 aliphatic carbocycles. The third kappa shape index (κ3) is 6.09. The zero-order valence-corrected chi connectivity index (χ0v) is 25.0. The lowest BCUT2D eigenvalue weighted by molar-refractivity contribution is -0.148. The maximum absolute atomic E-state index is 13.6. The van der Waals surface area contributed by atoms with E-state index in [9.17, 15) is 18.0 Å². The molecule has 47 heavy (non-hydrogen) atoms. The molecule has 1 amide bonds. The Morgan fingerprint density at radius 1 is 0.851 bits per heavy atom. The second-order valence-corrected chi connectivity index (χ2v) is 11.0. The second kappa shape index (κ2) is 12.5. The number of halogens is 3. The largest absolute Gasteiger partial charge is 0.472 e. The highest BCUT2D eigenvalue weighted by atomic mass is 19.4. The molecule has 0 fully saturated rings. The van der Waals surface area contributed by atoms with Crippen LogP contribution in [0.25, 0.3) is 28.4 Å². The third-order valence-corrected chi connectivity index (χ3v) is 8.00. The van der Waals surface area contributed by atoms with E-state index in [-0.39, 0.29) is 38.0 Å². The maximum Gasteiger partial charge on any atom is 0.451 e. The molecule has 0 saturated carbocycles. The summed E-state index contributed by atoms with van der Waals surface area (Å²) >= 11 is 0. The molecular formula is C35H28F3N7O2. The van der Waals surface area contributed by atoms with Crippen LogP contribution in [0.5, 0.6) is 5.88 Å². The van der Waals surface area contributed by atoms with Crippen molar-refractivity contribution in [1.29, 1.82) is 0 Å². The van der Waals surface area contributed by atoms with E-state index < -0.39 is 12.0 Å². The van der Waals surface area contributed by atoms with Gasteiger partial charge in [0.25, 0.3) is 0 Å². The van der Waals surface area contributed by atoms with E-state index in [0.29, 0.717) is 29.0 Å². The summed E-state index contributed by atoms with van der Waals surface area (Å²) in [5, 5.41) is 7.67. The first-order valence-corrected chi connectivity index (χ1v) is 15.0. The Labute approximate surface area is 267 Å². The average Bonchev–Trinajstić information content (AvgIpc) is 3.67. The summed E-state index contributed by atoms with van der Waals surface area (Å²) in [5.41, 5.74) is 5.03. The number of carbonyl (C=O) groups excluding carboxylic acids is 1. The number of amides is 1. The molecule has 0 bridgehead atoms. The quantitative estimate of drug-likeness (QED) is 0.180. The minimum atomic E-state index is -4.62. The first-order chi connectivity index (χ1) is 22.9. The van der Waals surface area contributed by atoms with Gasteiger partial charge in [-0.1, -0.05) is 91.0 Å². The van der Waals surface area contributed by atoms with Crippen molar-refractivity contribution in [2.24, 2.45) is 0 Å². The SMILES string of the molecule is O=C(/C=C/c1c(-c2ccccc2)n(Cc2ccccc2)c2ncnc(OCc3ccccc3)c12)N1CCn2c(nnc2C(F)(F)F)C1. The molecule has 6 aromatic rings. The Balaban J connectivity index is 1.32. The summed E-state index contributed by atoms with van der Waals surface area (Å²) in [7, 11) is 0. The summed E-state index contributed by atoms with van der Waals surface area (Å²) in [6, 6.07) is 29.5. The Kier molecular flexibility index (Phi) is 7.98. The standard InChI is InChI=1S/C35H28F3N7O2/c36-35(37,38)34-42-41-28-21-43(18-19-44(28)34)29(46)17-16-27-30-32(39-23-40-33(30)47-22-25-12-6-2-7-13-25)45(20-24-10-4-1-5-11-24)31(27)26-14-8-3-9-15-26/h1-17,23H,18-22H2/b17-16+. The van der Waals surface area contributed by atoms with Gasteiger partial charge in [-0.05, 0) is 22.8 Å². The number of alkyl halides is 3. The van der Waals surface area contributed by atoms with Gasteiger partial charge in [-0.3, -0.25) is 4.79 Å². The number of aromatic nitrogens is 6. The van der Waals surface area contributed by atoms with Gasteiger partial charge < -0.3 is 18.8 Å². The minimum Gasteiger partial charge on any atom is -0.472 e. The highest BCUT2D eigenvalue weighted by Gasteiger charge is 2.39. The molecule has 7 rings (SSSR count). The van der Waals surface area contributed by atoms with Crippen molar-refractivity contribution < 1.29 is 22.7 Å².